The van der Waals surface area contributed by atoms with Crippen molar-refractivity contribution in [2.45, 2.75) is 25.8 Å². The predicted octanol–water partition coefficient (Wildman–Crippen LogP) is 3.54. The fraction of sp³-hybridized carbons (Fsp3) is 0.267. The summed E-state index contributed by atoms with van der Waals surface area (Å²) in [6, 6.07) is 9.86. The SMILES string of the molecule is CCc1cnccc1C(N)Cc1ccc(Cl)cc1. The molecule has 0 saturated carbocycles. The van der Waals surface area contributed by atoms with Crippen LogP contribution in [-0.4, -0.2) is 4.98 Å². The lowest BCUT2D eigenvalue weighted by atomic mass is 9.96. The van der Waals surface area contributed by atoms with E-state index in [4.69, 9.17) is 17.3 Å². The number of halogens is 1. The lowest BCUT2D eigenvalue weighted by Crippen LogP contribution is -2.15. The number of pyridine rings is 1. The molecule has 18 heavy (non-hydrogen) atoms. The molecule has 1 aromatic carbocycles. The van der Waals surface area contributed by atoms with Gasteiger partial charge in [0.05, 0.1) is 0 Å². The molecule has 2 N–H and O–H groups in total. The van der Waals surface area contributed by atoms with Gasteiger partial charge < -0.3 is 5.73 Å². The van der Waals surface area contributed by atoms with Gasteiger partial charge in [-0.15, -0.1) is 0 Å². The first-order valence-electron chi connectivity index (χ1n) is 6.13. The van der Waals surface area contributed by atoms with Crippen molar-refractivity contribution in [3.05, 3.63) is 64.4 Å². The van der Waals surface area contributed by atoms with Crippen LogP contribution in [0.15, 0.2) is 42.7 Å². The van der Waals surface area contributed by atoms with Gasteiger partial charge >= 0.3 is 0 Å². The van der Waals surface area contributed by atoms with Crippen LogP contribution in [0.25, 0.3) is 0 Å². The van der Waals surface area contributed by atoms with E-state index in [1.165, 1.54) is 16.7 Å². The van der Waals surface area contributed by atoms with Gasteiger partial charge in [0.1, 0.15) is 0 Å². The molecule has 1 heterocycles. The Balaban J connectivity index is 2.16. The number of rotatable bonds is 4. The van der Waals surface area contributed by atoms with Gasteiger partial charge in [-0.2, -0.15) is 0 Å². The molecule has 0 fully saturated rings. The zero-order valence-electron chi connectivity index (χ0n) is 10.4. The summed E-state index contributed by atoms with van der Waals surface area (Å²) in [6.45, 7) is 2.12. The highest BCUT2D eigenvalue weighted by molar-refractivity contribution is 6.30. The topological polar surface area (TPSA) is 38.9 Å². The Morgan fingerprint density at radius 1 is 1.22 bits per heavy atom. The van der Waals surface area contributed by atoms with Crippen LogP contribution in [0.3, 0.4) is 0 Å². The third-order valence-corrected chi connectivity index (χ3v) is 3.34. The molecule has 0 amide bonds. The van der Waals surface area contributed by atoms with E-state index in [0.717, 1.165) is 17.9 Å². The molecule has 0 spiro atoms. The van der Waals surface area contributed by atoms with E-state index in [-0.39, 0.29) is 6.04 Å². The van der Waals surface area contributed by atoms with Crippen molar-refractivity contribution in [3.63, 3.8) is 0 Å². The highest BCUT2D eigenvalue weighted by Crippen LogP contribution is 2.20. The highest BCUT2D eigenvalue weighted by atomic mass is 35.5. The van der Waals surface area contributed by atoms with E-state index >= 15 is 0 Å². The molecular weight excluding hydrogens is 244 g/mol. The van der Waals surface area contributed by atoms with Crippen molar-refractivity contribution in [3.8, 4) is 0 Å². The molecule has 1 aromatic heterocycles. The number of aryl methyl sites for hydroxylation is 1. The van der Waals surface area contributed by atoms with Gasteiger partial charge in [-0.05, 0) is 47.7 Å². The number of nitrogens with two attached hydrogens (primary N) is 1. The van der Waals surface area contributed by atoms with Gasteiger partial charge in [-0.1, -0.05) is 30.7 Å². The quantitative estimate of drug-likeness (QED) is 0.913. The zero-order chi connectivity index (χ0) is 13.0. The standard InChI is InChI=1S/C15H17ClN2/c1-2-12-10-18-8-7-14(12)15(17)9-11-3-5-13(16)6-4-11/h3-8,10,15H,2,9,17H2,1H3. The largest absolute Gasteiger partial charge is 0.324 e. The summed E-state index contributed by atoms with van der Waals surface area (Å²) in [5.74, 6) is 0. The molecule has 0 radical (unpaired) electrons. The van der Waals surface area contributed by atoms with Crippen molar-refractivity contribution in [2.75, 3.05) is 0 Å². The monoisotopic (exact) mass is 260 g/mol. The molecule has 2 nitrogen and oxygen atoms in total. The van der Waals surface area contributed by atoms with Crippen molar-refractivity contribution < 1.29 is 0 Å². The van der Waals surface area contributed by atoms with Gasteiger partial charge in [0, 0.05) is 23.5 Å². The first-order chi connectivity index (χ1) is 8.70. The minimum Gasteiger partial charge on any atom is -0.324 e. The van der Waals surface area contributed by atoms with Crippen LogP contribution >= 0.6 is 11.6 Å². The molecule has 1 atom stereocenters. The number of nitrogens with zero attached hydrogens (tertiary/aromatic N) is 1. The third-order valence-electron chi connectivity index (χ3n) is 3.09. The lowest BCUT2D eigenvalue weighted by molar-refractivity contribution is 0.710. The zero-order valence-corrected chi connectivity index (χ0v) is 11.2. The van der Waals surface area contributed by atoms with E-state index < -0.39 is 0 Å². The summed E-state index contributed by atoms with van der Waals surface area (Å²) in [5, 5.41) is 0.755. The second-order valence-corrected chi connectivity index (χ2v) is 4.80. The maximum absolute atomic E-state index is 6.28. The van der Waals surface area contributed by atoms with Gasteiger partial charge in [0.2, 0.25) is 0 Å². The third kappa shape index (κ3) is 3.09. The van der Waals surface area contributed by atoms with E-state index in [1.807, 2.05) is 36.5 Å². The van der Waals surface area contributed by atoms with Crippen molar-refractivity contribution in [2.24, 2.45) is 5.73 Å². The van der Waals surface area contributed by atoms with E-state index in [1.54, 1.807) is 6.20 Å². The lowest BCUT2D eigenvalue weighted by Gasteiger charge is -2.15. The Kier molecular flexibility index (Phi) is 4.34. The smallest absolute Gasteiger partial charge is 0.0406 e. The first-order valence-corrected chi connectivity index (χ1v) is 6.51. The molecule has 1 unspecified atom stereocenters. The normalized spacial score (nSPS) is 12.4. The first kappa shape index (κ1) is 13.1. The molecule has 2 rings (SSSR count). The predicted molar refractivity (Wildman–Crippen MR) is 75.7 cm³/mol. The fourth-order valence-corrected chi connectivity index (χ4v) is 2.21. The number of aromatic nitrogens is 1. The van der Waals surface area contributed by atoms with Gasteiger partial charge in [0.15, 0.2) is 0 Å². The molecule has 0 aliphatic carbocycles. The van der Waals surface area contributed by atoms with Crippen LogP contribution in [0.2, 0.25) is 5.02 Å². The molecule has 94 valence electrons. The van der Waals surface area contributed by atoms with Gasteiger partial charge in [0.25, 0.3) is 0 Å². The van der Waals surface area contributed by atoms with Gasteiger partial charge in [-0.25, -0.2) is 0 Å². The van der Waals surface area contributed by atoms with Crippen molar-refractivity contribution in [1.82, 2.24) is 4.98 Å². The van der Waals surface area contributed by atoms with E-state index in [9.17, 15) is 0 Å². The van der Waals surface area contributed by atoms with Crippen LogP contribution in [0.5, 0.6) is 0 Å². The van der Waals surface area contributed by atoms with Gasteiger partial charge in [-0.3, -0.25) is 4.98 Å². The number of hydrogen-bond acceptors (Lipinski definition) is 2. The minimum atomic E-state index is 0.00382. The molecule has 0 aliphatic heterocycles. The molecule has 0 bridgehead atoms. The summed E-state index contributed by atoms with van der Waals surface area (Å²) < 4.78 is 0. The second-order valence-electron chi connectivity index (χ2n) is 4.37. The summed E-state index contributed by atoms with van der Waals surface area (Å²) >= 11 is 5.87. The molecule has 3 heteroatoms. The Bertz CT molecular complexity index is 508. The van der Waals surface area contributed by atoms with Crippen LogP contribution in [0.1, 0.15) is 29.7 Å². The van der Waals surface area contributed by atoms with Crippen molar-refractivity contribution >= 4 is 11.6 Å². The molecule has 0 aliphatic rings. The average Bonchev–Trinajstić information content (AvgIpc) is 2.41. The van der Waals surface area contributed by atoms with Crippen LogP contribution in [0, 0.1) is 0 Å². The Morgan fingerprint density at radius 3 is 2.61 bits per heavy atom. The maximum Gasteiger partial charge on any atom is 0.0406 e. The van der Waals surface area contributed by atoms with Crippen LogP contribution in [0.4, 0.5) is 0 Å². The number of hydrogen-bond donors (Lipinski definition) is 1. The summed E-state index contributed by atoms with van der Waals surface area (Å²) in [5.41, 5.74) is 9.88. The molecular formula is C15H17ClN2. The molecule has 0 saturated heterocycles. The number of benzene rings is 1. The maximum atomic E-state index is 6.28. The van der Waals surface area contributed by atoms with E-state index in [2.05, 4.69) is 11.9 Å². The van der Waals surface area contributed by atoms with Crippen molar-refractivity contribution in [1.29, 1.82) is 0 Å². The Labute approximate surface area is 113 Å². The minimum absolute atomic E-state index is 0.00382. The summed E-state index contributed by atoms with van der Waals surface area (Å²) in [4.78, 5) is 4.14. The average molecular weight is 261 g/mol. The fourth-order valence-electron chi connectivity index (χ4n) is 2.08. The Morgan fingerprint density at radius 2 is 1.94 bits per heavy atom. The highest BCUT2D eigenvalue weighted by Gasteiger charge is 2.10. The summed E-state index contributed by atoms with van der Waals surface area (Å²) in [7, 11) is 0. The van der Waals surface area contributed by atoms with E-state index in [0.29, 0.717) is 0 Å². The summed E-state index contributed by atoms with van der Waals surface area (Å²) in [6.07, 6.45) is 5.47. The van der Waals surface area contributed by atoms with Crippen LogP contribution in [-0.2, 0) is 12.8 Å². The van der Waals surface area contributed by atoms with Crippen LogP contribution < -0.4 is 5.73 Å². The second kappa shape index (κ2) is 5.98. The molecule has 2 aromatic rings. The Hall–Kier alpha value is -1.38.